The Balaban J connectivity index is 2.83. The van der Waals surface area contributed by atoms with E-state index in [2.05, 4.69) is 4.98 Å². The zero-order valence-electron chi connectivity index (χ0n) is 6.74. The molecule has 0 spiro atoms. The summed E-state index contributed by atoms with van der Waals surface area (Å²) in [5, 5.41) is 0. The minimum absolute atomic E-state index is 0.0332. The molecule has 3 heteroatoms. The van der Waals surface area contributed by atoms with Crippen molar-refractivity contribution in [2.45, 2.75) is 17.9 Å². The lowest BCUT2D eigenvalue weighted by molar-refractivity contribution is 0.777. The molecule has 1 rings (SSSR count). The van der Waals surface area contributed by atoms with E-state index in [4.69, 9.17) is 5.73 Å². The Hall–Kier alpha value is -0.540. The Kier molecular flexibility index (Phi) is 2.91. The monoisotopic (exact) mass is 168 g/mol. The molecule has 0 aliphatic heterocycles. The van der Waals surface area contributed by atoms with Gasteiger partial charge < -0.3 is 5.73 Å². The maximum atomic E-state index is 5.64. The highest BCUT2D eigenvalue weighted by atomic mass is 32.2. The molecule has 0 amide bonds. The van der Waals surface area contributed by atoms with Gasteiger partial charge in [-0.05, 0) is 25.3 Å². The van der Waals surface area contributed by atoms with Crippen LogP contribution in [0.5, 0.6) is 0 Å². The summed E-state index contributed by atoms with van der Waals surface area (Å²) in [6.07, 6.45) is 3.88. The van der Waals surface area contributed by atoms with Crippen molar-refractivity contribution in [3.8, 4) is 0 Å². The zero-order valence-corrected chi connectivity index (χ0v) is 7.56. The predicted octanol–water partition coefficient (Wildman–Crippen LogP) is 1.82. The number of hydrogen-bond donors (Lipinski definition) is 1. The SMILES string of the molecule is CSc1ccc([C@@H](C)N)nc1. The molecule has 2 nitrogen and oxygen atoms in total. The van der Waals surface area contributed by atoms with Gasteiger partial charge in [-0.25, -0.2) is 0 Å². The van der Waals surface area contributed by atoms with Crippen molar-refractivity contribution in [2.24, 2.45) is 5.73 Å². The second kappa shape index (κ2) is 3.74. The van der Waals surface area contributed by atoms with E-state index in [9.17, 15) is 0 Å². The molecule has 1 heterocycles. The van der Waals surface area contributed by atoms with Crippen LogP contribution < -0.4 is 5.73 Å². The van der Waals surface area contributed by atoms with Crippen LogP contribution in [0.2, 0.25) is 0 Å². The van der Waals surface area contributed by atoms with E-state index in [0.29, 0.717) is 0 Å². The number of thioether (sulfide) groups is 1. The number of rotatable bonds is 2. The number of aromatic nitrogens is 1. The Morgan fingerprint density at radius 3 is 2.64 bits per heavy atom. The summed E-state index contributed by atoms with van der Waals surface area (Å²) >= 11 is 1.69. The standard InChI is InChI=1S/C8H12N2S/c1-6(9)8-4-3-7(11-2)5-10-8/h3-6H,9H2,1-2H3/t6-/m1/s1. The number of nitrogens with two attached hydrogens (primary N) is 1. The van der Waals surface area contributed by atoms with Crippen molar-refractivity contribution in [1.29, 1.82) is 0 Å². The summed E-state index contributed by atoms with van der Waals surface area (Å²) in [6, 6.07) is 4.04. The van der Waals surface area contributed by atoms with Crippen LogP contribution in [0, 0.1) is 0 Å². The molecule has 0 radical (unpaired) electrons. The Labute approximate surface area is 71.2 Å². The van der Waals surface area contributed by atoms with Gasteiger partial charge in [-0.2, -0.15) is 0 Å². The van der Waals surface area contributed by atoms with Gasteiger partial charge in [0.05, 0.1) is 5.69 Å². The van der Waals surface area contributed by atoms with Gasteiger partial charge in [0.25, 0.3) is 0 Å². The molecular formula is C8H12N2S. The molecule has 60 valence electrons. The van der Waals surface area contributed by atoms with Crippen LogP contribution in [0.25, 0.3) is 0 Å². The minimum Gasteiger partial charge on any atom is -0.323 e. The summed E-state index contributed by atoms with van der Waals surface area (Å²) < 4.78 is 0. The van der Waals surface area contributed by atoms with Gasteiger partial charge in [0, 0.05) is 17.1 Å². The van der Waals surface area contributed by atoms with Crippen molar-refractivity contribution in [2.75, 3.05) is 6.26 Å². The summed E-state index contributed by atoms with van der Waals surface area (Å²) in [5.41, 5.74) is 6.58. The van der Waals surface area contributed by atoms with Crippen molar-refractivity contribution < 1.29 is 0 Å². The smallest absolute Gasteiger partial charge is 0.0569 e. The Morgan fingerprint density at radius 2 is 2.27 bits per heavy atom. The van der Waals surface area contributed by atoms with Gasteiger partial charge in [0.2, 0.25) is 0 Å². The second-order valence-electron chi connectivity index (χ2n) is 2.41. The fourth-order valence-corrected chi connectivity index (χ4v) is 1.14. The third kappa shape index (κ3) is 2.20. The topological polar surface area (TPSA) is 38.9 Å². The van der Waals surface area contributed by atoms with E-state index in [1.54, 1.807) is 11.8 Å². The van der Waals surface area contributed by atoms with E-state index < -0.39 is 0 Å². The van der Waals surface area contributed by atoms with Gasteiger partial charge in [-0.15, -0.1) is 11.8 Å². The maximum Gasteiger partial charge on any atom is 0.0569 e. The van der Waals surface area contributed by atoms with Gasteiger partial charge >= 0.3 is 0 Å². The minimum atomic E-state index is 0.0332. The molecule has 0 fully saturated rings. The highest BCUT2D eigenvalue weighted by Crippen LogP contribution is 2.14. The van der Waals surface area contributed by atoms with Gasteiger partial charge in [0.15, 0.2) is 0 Å². The lowest BCUT2D eigenvalue weighted by Gasteiger charge is -2.03. The molecule has 2 N–H and O–H groups in total. The van der Waals surface area contributed by atoms with Crippen LogP contribution in [0.1, 0.15) is 18.7 Å². The van der Waals surface area contributed by atoms with Crippen LogP contribution in [-0.4, -0.2) is 11.2 Å². The average molecular weight is 168 g/mol. The van der Waals surface area contributed by atoms with Crippen molar-refractivity contribution in [3.63, 3.8) is 0 Å². The lowest BCUT2D eigenvalue weighted by atomic mass is 10.2. The third-order valence-electron chi connectivity index (χ3n) is 1.46. The highest BCUT2D eigenvalue weighted by Gasteiger charge is 1.98. The fourth-order valence-electron chi connectivity index (χ4n) is 0.782. The third-order valence-corrected chi connectivity index (χ3v) is 2.17. The summed E-state index contributed by atoms with van der Waals surface area (Å²) in [6.45, 7) is 1.93. The van der Waals surface area contributed by atoms with Gasteiger partial charge in [0.1, 0.15) is 0 Å². The molecule has 1 aromatic rings. The average Bonchev–Trinajstić information content (AvgIpc) is 2.05. The molecule has 0 aromatic carbocycles. The first-order chi connectivity index (χ1) is 5.24. The molecule has 0 aliphatic rings. The van der Waals surface area contributed by atoms with Crippen LogP contribution >= 0.6 is 11.8 Å². The van der Waals surface area contributed by atoms with E-state index in [1.165, 1.54) is 4.90 Å². The largest absolute Gasteiger partial charge is 0.323 e. The first-order valence-corrected chi connectivity index (χ1v) is 4.72. The zero-order chi connectivity index (χ0) is 8.27. The molecule has 0 saturated carbocycles. The molecule has 0 aliphatic carbocycles. The van der Waals surface area contributed by atoms with Crippen molar-refractivity contribution >= 4 is 11.8 Å². The Morgan fingerprint density at radius 1 is 1.55 bits per heavy atom. The van der Waals surface area contributed by atoms with E-state index >= 15 is 0 Å². The number of hydrogen-bond acceptors (Lipinski definition) is 3. The molecule has 0 bridgehead atoms. The van der Waals surface area contributed by atoms with E-state index in [0.717, 1.165) is 5.69 Å². The van der Waals surface area contributed by atoms with Gasteiger partial charge in [-0.3, -0.25) is 4.98 Å². The normalized spacial score (nSPS) is 13.0. The first kappa shape index (κ1) is 8.56. The Bertz CT molecular complexity index is 218. The van der Waals surface area contributed by atoms with Crippen LogP contribution in [0.15, 0.2) is 23.2 Å². The van der Waals surface area contributed by atoms with Crippen LogP contribution in [0.4, 0.5) is 0 Å². The van der Waals surface area contributed by atoms with Gasteiger partial charge in [-0.1, -0.05) is 0 Å². The van der Waals surface area contributed by atoms with E-state index in [-0.39, 0.29) is 6.04 Å². The maximum absolute atomic E-state index is 5.64. The summed E-state index contributed by atoms with van der Waals surface area (Å²) in [5.74, 6) is 0. The summed E-state index contributed by atoms with van der Waals surface area (Å²) in [7, 11) is 0. The molecule has 11 heavy (non-hydrogen) atoms. The summed E-state index contributed by atoms with van der Waals surface area (Å²) in [4.78, 5) is 5.38. The molecule has 0 saturated heterocycles. The van der Waals surface area contributed by atoms with Crippen LogP contribution in [0.3, 0.4) is 0 Å². The predicted molar refractivity (Wildman–Crippen MR) is 48.6 cm³/mol. The second-order valence-corrected chi connectivity index (χ2v) is 3.29. The number of nitrogens with zero attached hydrogens (tertiary/aromatic N) is 1. The van der Waals surface area contributed by atoms with Crippen molar-refractivity contribution in [1.82, 2.24) is 4.98 Å². The molecule has 0 unspecified atom stereocenters. The van der Waals surface area contributed by atoms with Crippen LogP contribution in [-0.2, 0) is 0 Å². The quantitative estimate of drug-likeness (QED) is 0.685. The molecular weight excluding hydrogens is 156 g/mol. The molecule has 1 atom stereocenters. The molecule has 1 aromatic heterocycles. The fraction of sp³-hybridized carbons (Fsp3) is 0.375. The highest BCUT2D eigenvalue weighted by molar-refractivity contribution is 7.98. The van der Waals surface area contributed by atoms with E-state index in [1.807, 2.05) is 31.5 Å². The lowest BCUT2D eigenvalue weighted by Crippen LogP contribution is -2.06. The number of pyridine rings is 1. The first-order valence-electron chi connectivity index (χ1n) is 3.49. The van der Waals surface area contributed by atoms with Crippen molar-refractivity contribution in [3.05, 3.63) is 24.0 Å².